The minimum Gasteiger partial charge on any atom is -0.495 e. The number of benzene rings is 2. The average molecular weight is 652 g/mol. The van der Waals surface area contributed by atoms with Crippen LogP contribution >= 0.6 is 11.3 Å². The third-order valence-electron chi connectivity index (χ3n) is 6.93. The van der Waals surface area contributed by atoms with Crippen LogP contribution in [0.1, 0.15) is 50.2 Å². The van der Waals surface area contributed by atoms with Crippen molar-refractivity contribution in [2.75, 3.05) is 43.6 Å². The Morgan fingerprint density at radius 3 is 2.45 bits per heavy atom. The zero-order valence-electron chi connectivity index (χ0n) is 25.2. The van der Waals surface area contributed by atoms with Crippen molar-refractivity contribution in [3.63, 3.8) is 0 Å². The molecular formula is C31H36F3N3O5S2. The summed E-state index contributed by atoms with van der Waals surface area (Å²) in [6, 6.07) is 9.52. The van der Waals surface area contributed by atoms with Gasteiger partial charge in [0.05, 0.1) is 39.5 Å². The molecular weight excluding hydrogens is 615 g/mol. The fourth-order valence-corrected chi connectivity index (χ4v) is 6.63. The van der Waals surface area contributed by atoms with Crippen molar-refractivity contribution in [3.05, 3.63) is 46.8 Å². The number of thiophene rings is 1. The van der Waals surface area contributed by atoms with Crippen molar-refractivity contribution in [3.8, 4) is 17.6 Å². The van der Waals surface area contributed by atoms with Crippen molar-refractivity contribution in [1.29, 1.82) is 0 Å². The summed E-state index contributed by atoms with van der Waals surface area (Å²) in [5.74, 6) is 6.03. The first-order chi connectivity index (χ1) is 20.7. The second kappa shape index (κ2) is 13.6. The fourth-order valence-electron chi connectivity index (χ4n) is 4.81. The number of nitrogens with one attached hydrogen (secondary N) is 2. The topological polar surface area (TPSA) is 97.0 Å². The van der Waals surface area contributed by atoms with Gasteiger partial charge in [0.15, 0.2) is 16.0 Å². The van der Waals surface area contributed by atoms with E-state index in [2.05, 4.69) is 22.5 Å². The highest BCUT2D eigenvalue weighted by Crippen LogP contribution is 2.42. The van der Waals surface area contributed by atoms with Crippen LogP contribution in [0.15, 0.2) is 41.3 Å². The number of alkyl halides is 3. The molecule has 0 bridgehead atoms. The summed E-state index contributed by atoms with van der Waals surface area (Å²) in [6.07, 6.45) is -3.69. The van der Waals surface area contributed by atoms with E-state index in [-0.39, 0.29) is 34.0 Å². The lowest BCUT2D eigenvalue weighted by Crippen LogP contribution is -2.44. The van der Waals surface area contributed by atoms with Gasteiger partial charge in [0.25, 0.3) is 6.43 Å². The standard InChI is InChI=1S/C31H36F3N3O5S2/c1-31(2,3)42-30(38)37-16-13-19(14-17-37)36-23-9-6-8-21-26(27(32)29(33)34)25(43-28(21)23)10-7-15-35-22-12-11-20(44(5,39)40)18-24(22)41-4/h6,8-9,11-12,18-19,27,29,35-36H,13-17H2,1-5H3. The summed E-state index contributed by atoms with van der Waals surface area (Å²) in [7, 11) is -2.02. The molecule has 0 spiro atoms. The molecule has 3 aromatic rings. The number of sulfone groups is 1. The normalized spacial score (nSPS) is 15.1. The van der Waals surface area contributed by atoms with Crippen LogP contribution < -0.4 is 15.4 Å². The number of fused-ring (bicyclic) bond motifs is 1. The van der Waals surface area contributed by atoms with E-state index in [4.69, 9.17) is 9.47 Å². The predicted molar refractivity (Wildman–Crippen MR) is 168 cm³/mol. The fraction of sp³-hybridized carbons (Fsp3) is 0.452. The molecule has 4 rings (SSSR count). The quantitative estimate of drug-likeness (QED) is 0.257. The van der Waals surface area contributed by atoms with Crippen molar-refractivity contribution in [2.45, 2.75) is 62.7 Å². The minimum absolute atomic E-state index is 0.0175. The van der Waals surface area contributed by atoms with E-state index >= 15 is 0 Å². The van der Waals surface area contributed by atoms with E-state index in [1.54, 1.807) is 23.1 Å². The third kappa shape index (κ3) is 8.09. The number of carbonyl (C=O) groups excluding carboxylic acids is 1. The van der Waals surface area contributed by atoms with Crippen LogP contribution in [-0.4, -0.2) is 70.5 Å². The lowest BCUT2D eigenvalue weighted by molar-refractivity contribution is 0.0210. The van der Waals surface area contributed by atoms with Crippen LogP contribution in [0.3, 0.4) is 0 Å². The Bertz CT molecular complexity index is 1670. The average Bonchev–Trinajstić information content (AvgIpc) is 3.33. The number of hydrogen-bond donors (Lipinski definition) is 2. The monoisotopic (exact) mass is 651 g/mol. The first-order valence-corrected chi connectivity index (χ1v) is 16.7. The van der Waals surface area contributed by atoms with Gasteiger partial charge in [-0.1, -0.05) is 24.0 Å². The molecule has 0 saturated carbocycles. The summed E-state index contributed by atoms with van der Waals surface area (Å²) < 4.78 is 77.3. The number of carbonyl (C=O) groups is 1. The van der Waals surface area contributed by atoms with E-state index in [9.17, 15) is 26.4 Å². The Kier molecular flexibility index (Phi) is 10.3. The number of nitrogens with zero attached hydrogens (tertiary/aromatic N) is 1. The molecule has 2 aromatic carbocycles. The summed E-state index contributed by atoms with van der Waals surface area (Å²) in [6.45, 7) is 6.52. The van der Waals surface area contributed by atoms with Crippen molar-refractivity contribution in [1.82, 2.24) is 4.90 Å². The Morgan fingerprint density at radius 1 is 1.14 bits per heavy atom. The van der Waals surface area contributed by atoms with E-state index < -0.39 is 28.0 Å². The van der Waals surface area contributed by atoms with Crippen molar-refractivity contribution < 1.29 is 35.9 Å². The SMILES string of the molecule is COc1cc(S(C)(=O)=O)ccc1NCC#Cc1sc2c(NC3CCN(C(=O)OC(C)(C)C)CC3)cccc2c1C(F)C(F)F. The summed E-state index contributed by atoms with van der Waals surface area (Å²) >= 11 is 1.14. The molecule has 44 heavy (non-hydrogen) atoms. The first-order valence-electron chi connectivity index (χ1n) is 14.0. The number of likely N-dealkylation sites (tertiary alicyclic amines) is 1. The van der Waals surface area contributed by atoms with E-state index in [0.29, 0.717) is 53.1 Å². The number of anilines is 2. The molecule has 0 radical (unpaired) electrons. The number of methoxy groups -OCH3 is 1. The molecule has 0 aliphatic carbocycles. The Balaban J connectivity index is 1.53. The lowest BCUT2D eigenvalue weighted by atomic mass is 10.0. The maximum absolute atomic E-state index is 15.0. The van der Waals surface area contributed by atoms with Gasteiger partial charge in [0.2, 0.25) is 0 Å². The number of ether oxygens (including phenoxy) is 2. The summed E-state index contributed by atoms with van der Waals surface area (Å²) in [5.41, 5.74) is 0.449. The van der Waals surface area contributed by atoms with E-state index in [1.165, 1.54) is 19.2 Å². The molecule has 1 amide bonds. The van der Waals surface area contributed by atoms with Gasteiger partial charge in [-0.2, -0.15) is 0 Å². The second-order valence-electron chi connectivity index (χ2n) is 11.4. The number of hydrogen-bond acceptors (Lipinski definition) is 8. The molecule has 1 aliphatic rings. The highest BCUT2D eigenvalue weighted by atomic mass is 32.2. The summed E-state index contributed by atoms with van der Waals surface area (Å²) in [5, 5.41) is 6.86. The van der Waals surface area contributed by atoms with Crippen molar-refractivity contribution >= 4 is 48.7 Å². The molecule has 1 aliphatic heterocycles. The second-order valence-corrected chi connectivity index (χ2v) is 14.5. The molecule has 1 fully saturated rings. The maximum Gasteiger partial charge on any atom is 0.410 e. The molecule has 1 saturated heterocycles. The highest BCUT2D eigenvalue weighted by Gasteiger charge is 2.30. The number of amides is 1. The Labute approximate surface area is 259 Å². The number of rotatable bonds is 8. The predicted octanol–water partition coefficient (Wildman–Crippen LogP) is 6.86. The van der Waals surface area contributed by atoms with Crippen LogP contribution in [0.25, 0.3) is 10.1 Å². The Hall–Kier alpha value is -3.63. The van der Waals surface area contributed by atoms with Gasteiger partial charge in [-0.05, 0) is 51.8 Å². The molecule has 1 aromatic heterocycles. The van der Waals surface area contributed by atoms with E-state index in [0.717, 1.165) is 17.6 Å². The zero-order valence-corrected chi connectivity index (χ0v) is 26.8. The van der Waals surface area contributed by atoms with Crippen LogP contribution in [0, 0.1) is 11.8 Å². The van der Waals surface area contributed by atoms with Crippen LogP contribution in [0.2, 0.25) is 0 Å². The number of piperidine rings is 1. The van der Waals surface area contributed by atoms with Gasteiger partial charge in [-0.25, -0.2) is 26.4 Å². The lowest BCUT2D eigenvalue weighted by Gasteiger charge is -2.34. The summed E-state index contributed by atoms with van der Waals surface area (Å²) in [4.78, 5) is 14.4. The van der Waals surface area contributed by atoms with E-state index in [1.807, 2.05) is 26.8 Å². The van der Waals surface area contributed by atoms with Gasteiger partial charge < -0.3 is 25.0 Å². The molecule has 13 heteroatoms. The molecule has 1 unspecified atom stereocenters. The highest BCUT2D eigenvalue weighted by molar-refractivity contribution is 7.90. The molecule has 238 valence electrons. The largest absolute Gasteiger partial charge is 0.495 e. The zero-order chi connectivity index (χ0) is 32.2. The molecule has 1 atom stereocenters. The van der Waals surface area contributed by atoms with Gasteiger partial charge in [-0.3, -0.25) is 0 Å². The maximum atomic E-state index is 15.0. The third-order valence-corrected chi connectivity index (χ3v) is 9.21. The minimum atomic E-state index is -3.43. The van der Waals surface area contributed by atoms with Gasteiger partial charge >= 0.3 is 6.09 Å². The van der Waals surface area contributed by atoms with Gasteiger partial charge in [0.1, 0.15) is 11.4 Å². The molecule has 2 heterocycles. The Morgan fingerprint density at radius 2 is 1.84 bits per heavy atom. The smallest absolute Gasteiger partial charge is 0.410 e. The van der Waals surface area contributed by atoms with Crippen LogP contribution in [0.5, 0.6) is 5.75 Å². The molecule has 2 N–H and O–H groups in total. The van der Waals surface area contributed by atoms with Crippen molar-refractivity contribution in [2.24, 2.45) is 0 Å². The number of halogens is 3. The first kappa shape index (κ1) is 33.3. The van der Waals surface area contributed by atoms with Gasteiger partial charge in [0, 0.05) is 42.4 Å². The van der Waals surface area contributed by atoms with Crippen LogP contribution in [-0.2, 0) is 14.6 Å². The van der Waals surface area contributed by atoms with Gasteiger partial charge in [-0.15, -0.1) is 11.3 Å². The van der Waals surface area contributed by atoms with Crippen LogP contribution in [0.4, 0.5) is 29.3 Å². The molecule has 8 nitrogen and oxygen atoms in total.